The van der Waals surface area contributed by atoms with Crippen molar-refractivity contribution in [3.8, 4) is 0 Å². The van der Waals surface area contributed by atoms with Crippen LogP contribution in [0.15, 0.2) is 29.2 Å². The summed E-state index contributed by atoms with van der Waals surface area (Å²) in [6.45, 7) is 1.25. The molecule has 98 valence electrons. The van der Waals surface area contributed by atoms with Crippen molar-refractivity contribution in [1.82, 2.24) is 0 Å². The number of nitrogens with two attached hydrogens (primary N) is 1. The van der Waals surface area contributed by atoms with Crippen molar-refractivity contribution in [3.05, 3.63) is 24.3 Å². The van der Waals surface area contributed by atoms with Crippen molar-refractivity contribution in [2.45, 2.75) is 11.3 Å². The summed E-state index contributed by atoms with van der Waals surface area (Å²) in [4.78, 5) is 11.6. The van der Waals surface area contributed by atoms with Gasteiger partial charge in [-0.1, -0.05) is 0 Å². The van der Waals surface area contributed by atoms with E-state index in [1.165, 1.54) is 24.3 Å². The van der Waals surface area contributed by atoms with Crippen LogP contribution in [-0.2, 0) is 19.6 Å². The maximum atomic E-state index is 11.6. The third-order valence-corrected chi connectivity index (χ3v) is 3.58. The van der Waals surface area contributed by atoms with Crippen LogP contribution in [0.1, 0.15) is 6.42 Å². The van der Waals surface area contributed by atoms with Crippen LogP contribution in [0.3, 0.4) is 0 Å². The van der Waals surface area contributed by atoms with Gasteiger partial charge in [0, 0.05) is 18.0 Å². The number of amides is 1. The van der Waals surface area contributed by atoms with E-state index in [-0.39, 0.29) is 16.7 Å². The molecule has 1 aliphatic rings. The van der Waals surface area contributed by atoms with Gasteiger partial charge >= 0.3 is 0 Å². The van der Waals surface area contributed by atoms with Gasteiger partial charge in [-0.05, 0) is 24.3 Å². The first-order valence-corrected chi connectivity index (χ1v) is 7.00. The molecule has 0 atom stereocenters. The SMILES string of the molecule is NS(=O)(=O)c1ccc(NC(=O)CC2COC2)cc1. The fourth-order valence-electron chi connectivity index (χ4n) is 1.60. The minimum atomic E-state index is -3.69. The molecule has 0 saturated carbocycles. The smallest absolute Gasteiger partial charge is 0.238 e. The fraction of sp³-hybridized carbons (Fsp3) is 0.364. The molecule has 2 rings (SSSR count). The van der Waals surface area contributed by atoms with Crippen LogP contribution in [0.25, 0.3) is 0 Å². The maximum absolute atomic E-state index is 11.6. The van der Waals surface area contributed by atoms with E-state index in [0.717, 1.165) is 0 Å². The average Bonchev–Trinajstić information content (AvgIpc) is 2.23. The number of sulfonamides is 1. The van der Waals surface area contributed by atoms with E-state index in [0.29, 0.717) is 25.3 Å². The summed E-state index contributed by atoms with van der Waals surface area (Å²) in [6.07, 6.45) is 0.414. The number of rotatable bonds is 4. The van der Waals surface area contributed by atoms with Crippen molar-refractivity contribution in [2.24, 2.45) is 11.1 Å². The summed E-state index contributed by atoms with van der Waals surface area (Å²) in [7, 11) is -3.69. The topological polar surface area (TPSA) is 98.5 Å². The van der Waals surface area contributed by atoms with Crippen LogP contribution < -0.4 is 10.5 Å². The molecule has 7 heteroatoms. The quantitative estimate of drug-likeness (QED) is 0.822. The zero-order valence-electron chi connectivity index (χ0n) is 9.63. The Hall–Kier alpha value is -1.44. The molecule has 0 aromatic heterocycles. The summed E-state index contributed by atoms with van der Waals surface area (Å²) >= 11 is 0. The number of primary sulfonamides is 1. The molecule has 0 radical (unpaired) electrons. The third-order valence-electron chi connectivity index (χ3n) is 2.65. The molecule has 0 bridgehead atoms. The largest absolute Gasteiger partial charge is 0.381 e. The van der Waals surface area contributed by atoms with E-state index in [2.05, 4.69) is 5.32 Å². The van der Waals surface area contributed by atoms with Gasteiger partial charge in [-0.25, -0.2) is 13.6 Å². The molecule has 3 N–H and O–H groups in total. The first-order valence-electron chi connectivity index (χ1n) is 5.45. The van der Waals surface area contributed by atoms with Crippen molar-refractivity contribution in [3.63, 3.8) is 0 Å². The van der Waals surface area contributed by atoms with E-state index < -0.39 is 10.0 Å². The highest BCUT2D eigenvalue weighted by Gasteiger charge is 2.21. The number of benzene rings is 1. The van der Waals surface area contributed by atoms with E-state index >= 15 is 0 Å². The van der Waals surface area contributed by atoms with Crippen LogP contribution >= 0.6 is 0 Å². The molecule has 6 nitrogen and oxygen atoms in total. The van der Waals surface area contributed by atoms with Crippen molar-refractivity contribution < 1.29 is 17.9 Å². The highest BCUT2D eigenvalue weighted by molar-refractivity contribution is 7.89. The Bertz CT molecular complexity index is 535. The molecular weight excluding hydrogens is 256 g/mol. The molecular formula is C11H14N2O4S. The molecule has 1 aromatic carbocycles. The lowest BCUT2D eigenvalue weighted by Gasteiger charge is -2.25. The molecule has 0 spiro atoms. The lowest BCUT2D eigenvalue weighted by molar-refractivity contribution is -0.121. The Morgan fingerprint density at radius 2 is 1.94 bits per heavy atom. The van der Waals surface area contributed by atoms with Gasteiger partial charge in [0.2, 0.25) is 15.9 Å². The highest BCUT2D eigenvalue weighted by Crippen LogP contribution is 2.17. The van der Waals surface area contributed by atoms with Gasteiger partial charge < -0.3 is 10.1 Å². The zero-order chi connectivity index (χ0) is 13.2. The Kier molecular flexibility index (Phi) is 3.65. The number of hydrogen-bond acceptors (Lipinski definition) is 4. The van der Waals surface area contributed by atoms with Crippen LogP contribution in [0.5, 0.6) is 0 Å². The Morgan fingerprint density at radius 1 is 1.33 bits per heavy atom. The molecule has 1 aliphatic heterocycles. The standard InChI is InChI=1S/C11H14N2O4S/c12-18(15,16)10-3-1-9(2-4-10)13-11(14)5-8-6-17-7-8/h1-4,8H,5-7H2,(H,13,14)(H2,12,15,16). The molecule has 1 heterocycles. The van der Waals surface area contributed by atoms with Gasteiger partial charge in [0.1, 0.15) is 0 Å². The van der Waals surface area contributed by atoms with Crippen molar-refractivity contribution in [2.75, 3.05) is 18.5 Å². The summed E-state index contributed by atoms with van der Waals surface area (Å²) in [5.74, 6) is 0.181. The predicted molar refractivity (Wildman–Crippen MR) is 65.4 cm³/mol. The normalized spacial score (nSPS) is 16.1. The second kappa shape index (κ2) is 5.05. The van der Waals surface area contributed by atoms with E-state index in [4.69, 9.17) is 9.88 Å². The molecule has 1 fully saturated rings. The monoisotopic (exact) mass is 270 g/mol. The van der Waals surface area contributed by atoms with E-state index in [9.17, 15) is 13.2 Å². The highest BCUT2D eigenvalue weighted by atomic mass is 32.2. The third kappa shape index (κ3) is 3.28. The van der Waals surface area contributed by atoms with Crippen LogP contribution in [0, 0.1) is 5.92 Å². The van der Waals surface area contributed by atoms with Gasteiger partial charge in [0.05, 0.1) is 18.1 Å². The number of carbonyl (C=O) groups is 1. The summed E-state index contributed by atoms with van der Waals surface area (Å²) < 4.78 is 27.0. The number of carbonyl (C=O) groups excluding carboxylic acids is 1. The van der Waals surface area contributed by atoms with Gasteiger partial charge in [-0.2, -0.15) is 0 Å². The zero-order valence-corrected chi connectivity index (χ0v) is 10.4. The van der Waals surface area contributed by atoms with Crippen LogP contribution in [0.4, 0.5) is 5.69 Å². The first-order chi connectivity index (χ1) is 8.45. The van der Waals surface area contributed by atoms with Gasteiger partial charge in [0.25, 0.3) is 0 Å². The van der Waals surface area contributed by atoms with Crippen molar-refractivity contribution in [1.29, 1.82) is 0 Å². The summed E-state index contributed by atoms with van der Waals surface area (Å²) in [5.41, 5.74) is 0.549. The Morgan fingerprint density at radius 3 is 2.39 bits per heavy atom. The molecule has 0 unspecified atom stereocenters. The Labute approximate surface area is 105 Å². The minimum absolute atomic E-state index is 0.0212. The van der Waals surface area contributed by atoms with E-state index in [1.54, 1.807) is 0 Å². The van der Waals surface area contributed by atoms with Gasteiger partial charge in [-0.3, -0.25) is 4.79 Å². The Balaban J connectivity index is 1.95. The van der Waals surface area contributed by atoms with Gasteiger partial charge in [-0.15, -0.1) is 0 Å². The van der Waals surface area contributed by atoms with E-state index in [1.807, 2.05) is 0 Å². The summed E-state index contributed by atoms with van der Waals surface area (Å²) in [5, 5.41) is 7.66. The molecule has 1 amide bonds. The fourth-order valence-corrected chi connectivity index (χ4v) is 2.12. The van der Waals surface area contributed by atoms with Gasteiger partial charge in [0.15, 0.2) is 0 Å². The van der Waals surface area contributed by atoms with Crippen LogP contribution in [-0.4, -0.2) is 27.5 Å². The summed E-state index contributed by atoms with van der Waals surface area (Å²) in [6, 6.07) is 5.73. The first kappa shape index (κ1) is 13.0. The lowest BCUT2D eigenvalue weighted by Crippen LogP contribution is -2.31. The number of ether oxygens (including phenoxy) is 1. The maximum Gasteiger partial charge on any atom is 0.238 e. The molecule has 18 heavy (non-hydrogen) atoms. The minimum Gasteiger partial charge on any atom is -0.381 e. The number of nitrogens with one attached hydrogen (secondary N) is 1. The number of hydrogen-bond donors (Lipinski definition) is 2. The van der Waals surface area contributed by atoms with Crippen LogP contribution in [0.2, 0.25) is 0 Å². The van der Waals surface area contributed by atoms with Crippen molar-refractivity contribution >= 4 is 21.6 Å². The lowest BCUT2D eigenvalue weighted by atomic mass is 10.0. The number of anilines is 1. The molecule has 1 saturated heterocycles. The predicted octanol–water partition coefficient (Wildman–Crippen LogP) is 0.309. The molecule has 1 aromatic rings. The second-order valence-corrected chi connectivity index (χ2v) is 5.79. The molecule has 0 aliphatic carbocycles. The average molecular weight is 270 g/mol. The second-order valence-electron chi connectivity index (χ2n) is 4.23.